The lowest BCUT2D eigenvalue weighted by atomic mass is 10.0. The summed E-state index contributed by atoms with van der Waals surface area (Å²) in [6.07, 6.45) is -1.66. The maximum Gasteiger partial charge on any atom is 0.586 e. The number of fused-ring (bicyclic) bond motifs is 2. The first-order valence-corrected chi connectivity index (χ1v) is 13.2. The number of benzene rings is 2. The summed E-state index contributed by atoms with van der Waals surface area (Å²) in [5.41, 5.74) is 0.908. The number of nitrogens with one attached hydrogen (secondary N) is 1. The van der Waals surface area contributed by atoms with Crippen molar-refractivity contribution in [3.8, 4) is 11.5 Å². The molecule has 188 valence electrons. The lowest BCUT2D eigenvalue weighted by Crippen LogP contribution is -2.26. The number of nitrogens with zero attached hydrogens (tertiary/aromatic N) is 3. The van der Waals surface area contributed by atoms with Crippen LogP contribution in [0.2, 0.25) is 0 Å². The molecular weight excluding hydrogens is 490 g/mol. The van der Waals surface area contributed by atoms with Gasteiger partial charge in [0.1, 0.15) is 5.82 Å². The highest BCUT2D eigenvalue weighted by molar-refractivity contribution is 7.91. The number of anilines is 1. The van der Waals surface area contributed by atoms with Gasteiger partial charge in [0.05, 0.1) is 4.90 Å². The number of halogens is 2. The molecule has 1 N–H and O–H groups in total. The van der Waals surface area contributed by atoms with Gasteiger partial charge in [-0.25, -0.2) is 8.42 Å². The van der Waals surface area contributed by atoms with Crippen LogP contribution in [-0.4, -0.2) is 48.9 Å². The molecule has 3 atom stereocenters. The second-order valence-electron chi connectivity index (χ2n) is 9.55. The number of alkyl halides is 2. The fourth-order valence-electron chi connectivity index (χ4n) is 5.46. The predicted octanol–water partition coefficient (Wildman–Crippen LogP) is 3.95. The van der Waals surface area contributed by atoms with Gasteiger partial charge in [-0.15, -0.1) is 19.0 Å². The van der Waals surface area contributed by atoms with Gasteiger partial charge in [-0.05, 0) is 66.6 Å². The van der Waals surface area contributed by atoms with Crippen molar-refractivity contribution < 1.29 is 26.7 Å². The van der Waals surface area contributed by atoms with Gasteiger partial charge >= 0.3 is 6.29 Å². The molecule has 6 rings (SSSR count). The summed E-state index contributed by atoms with van der Waals surface area (Å²) >= 11 is 0. The second-order valence-corrected chi connectivity index (χ2v) is 11.4. The fourth-order valence-corrected chi connectivity index (χ4v) is 6.62. The molecule has 1 aromatic heterocycles. The van der Waals surface area contributed by atoms with Crippen LogP contribution in [0.5, 0.6) is 11.5 Å². The zero-order valence-electron chi connectivity index (χ0n) is 19.2. The molecule has 3 aromatic rings. The number of likely N-dealkylation sites (tertiary alicyclic amines) is 1. The third-order valence-electron chi connectivity index (χ3n) is 7.02. The van der Waals surface area contributed by atoms with Gasteiger partial charge < -0.3 is 14.8 Å². The van der Waals surface area contributed by atoms with E-state index in [1.807, 2.05) is 0 Å². The Labute approximate surface area is 207 Å². The Kier molecular flexibility index (Phi) is 5.56. The Bertz CT molecular complexity index is 1360. The van der Waals surface area contributed by atoms with E-state index in [1.54, 1.807) is 36.4 Å². The second kappa shape index (κ2) is 8.67. The van der Waals surface area contributed by atoms with Gasteiger partial charge in [0.25, 0.3) is 0 Å². The van der Waals surface area contributed by atoms with Gasteiger partial charge in [-0.1, -0.05) is 24.3 Å². The lowest BCUT2D eigenvalue weighted by Gasteiger charge is -2.20. The van der Waals surface area contributed by atoms with Crippen LogP contribution in [0, 0.1) is 11.8 Å². The van der Waals surface area contributed by atoms with Crippen LogP contribution in [0.25, 0.3) is 0 Å². The summed E-state index contributed by atoms with van der Waals surface area (Å²) in [4.78, 5) is 2.52. The molecular formula is C25H24F2N4O4S. The van der Waals surface area contributed by atoms with Crippen LogP contribution >= 0.6 is 0 Å². The standard InChI is InChI=1S/C25H24F2N4O4S/c26-25(27)34-21-7-6-16(10-22(21)35-25)13-31-14-17-11-19(12-18(17)15-31)28-23-8-9-24(30-29-23)36(32,33)20-4-2-1-3-5-20/h1-10,17-19H,11-15H2,(H,28,29)/t17-,18+,19-. The molecule has 0 spiro atoms. The number of hydrogen-bond donors (Lipinski definition) is 1. The number of sulfone groups is 1. The molecule has 0 unspecified atom stereocenters. The molecule has 11 heteroatoms. The van der Waals surface area contributed by atoms with Crippen molar-refractivity contribution >= 4 is 15.7 Å². The molecule has 2 fully saturated rings. The minimum Gasteiger partial charge on any atom is -0.395 e. The third kappa shape index (κ3) is 4.48. The Morgan fingerprint density at radius 3 is 2.36 bits per heavy atom. The van der Waals surface area contributed by atoms with Crippen molar-refractivity contribution in [3.05, 3.63) is 66.2 Å². The summed E-state index contributed by atoms with van der Waals surface area (Å²) in [5.74, 6) is 1.73. The first kappa shape index (κ1) is 23.1. The summed E-state index contributed by atoms with van der Waals surface area (Å²) in [7, 11) is -3.70. The Balaban J connectivity index is 1.03. The van der Waals surface area contributed by atoms with Crippen molar-refractivity contribution in [1.82, 2.24) is 15.1 Å². The zero-order valence-corrected chi connectivity index (χ0v) is 20.0. The van der Waals surface area contributed by atoms with Crippen molar-refractivity contribution in [2.75, 3.05) is 18.4 Å². The van der Waals surface area contributed by atoms with E-state index >= 15 is 0 Å². The highest BCUT2D eigenvalue weighted by Gasteiger charge is 2.44. The quantitative estimate of drug-likeness (QED) is 0.529. The highest BCUT2D eigenvalue weighted by Crippen LogP contribution is 2.43. The minimum absolute atomic E-state index is 0.0600. The molecule has 36 heavy (non-hydrogen) atoms. The van der Waals surface area contributed by atoms with Crippen molar-refractivity contribution in [2.45, 2.75) is 41.6 Å². The number of aromatic nitrogens is 2. The monoisotopic (exact) mass is 514 g/mol. The Hall–Kier alpha value is -3.31. The van der Waals surface area contributed by atoms with E-state index in [-0.39, 0.29) is 27.5 Å². The molecule has 2 aliphatic heterocycles. The van der Waals surface area contributed by atoms with Gasteiger partial charge in [-0.2, -0.15) is 0 Å². The molecule has 2 aromatic carbocycles. The minimum atomic E-state index is -3.70. The predicted molar refractivity (Wildman–Crippen MR) is 125 cm³/mol. The van der Waals surface area contributed by atoms with Crippen LogP contribution < -0.4 is 14.8 Å². The molecule has 1 saturated carbocycles. The molecule has 1 saturated heterocycles. The average molecular weight is 515 g/mol. The summed E-state index contributed by atoms with van der Waals surface area (Å²) < 4.78 is 61.0. The highest BCUT2D eigenvalue weighted by atomic mass is 32.2. The van der Waals surface area contributed by atoms with Crippen molar-refractivity contribution in [1.29, 1.82) is 0 Å². The van der Waals surface area contributed by atoms with E-state index in [4.69, 9.17) is 0 Å². The van der Waals surface area contributed by atoms with Crippen LogP contribution in [0.15, 0.2) is 70.6 Å². The molecule has 0 amide bonds. The van der Waals surface area contributed by atoms with Gasteiger partial charge in [0, 0.05) is 25.7 Å². The fraction of sp³-hybridized carbons (Fsp3) is 0.360. The maximum atomic E-state index is 13.3. The van der Waals surface area contributed by atoms with Crippen LogP contribution in [0.4, 0.5) is 14.6 Å². The maximum absolute atomic E-state index is 13.3. The van der Waals surface area contributed by atoms with E-state index in [1.165, 1.54) is 24.3 Å². The Morgan fingerprint density at radius 2 is 1.67 bits per heavy atom. The van der Waals surface area contributed by atoms with Gasteiger partial charge in [0.2, 0.25) is 9.84 Å². The van der Waals surface area contributed by atoms with Crippen LogP contribution in [0.1, 0.15) is 18.4 Å². The molecule has 8 nitrogen and oxygen atoms in total. The molecule has 0 bridgehead atoms. The van der Waals surface area contributed by atoms with E-state index in [2.05, 4.69) is 29.9 Å². The van der Waals surface area contributed by atoms with E-state index in [9.17, 15) is 17.2 Å². The van der Waals surface area contributed by atoms with E-state index in [0.717, 1.165) is 31.5 Å². The average Bonchev–Trinajstić information content (AvgIpc) is 3.49. The Morgan fingerprint density at radius 1 is 0.944 bits per heavy atom. The molecule has 3 aliphatic rings. The SMILES string of the molecule is O=S(=O)(c1ccccc1)c1ccc(N[C@@H]2C[C@@H]3CN(Cc4ccc5c(c4)OC(F)(F)O5)C[C@@H]3C2)nn1. The first-order valence-electron chi connectivity index (χ1n) is 11.8. The largest absolute Gasteiger partial charge is 0.586 e. The smallest absolute Gasteiger partial charge is 0.395 e. The lowest BCUT2D eigenvalue weighted by molar-refractivity contribution is -0.286. The van der Waals surface area contributed by atoms with Gasteiger partial charge in [-0.3, -0.25) is 4.90 Å². The molecule has 0 radical (unpaired) electrons. The van der Waals surface area contributed by atoms with Gasteiger partial charge in [0.15, 0.2) is 16.5 Å². The molecule has 1 aliphatic carbocycles. The van der Waals surface area contributed by atoms with Crippen LogP contribution in [-0.2, 0) is 16.4 Å². The van der Waals surface area contributed by atoms with Crippen molar-refractivity contribution in [2.24, 2.45) is 11.8 Å². The van der Waals surface area contributed by atoms with E-state index in [0.29, 0.717) is 24.2 Å². The number of rotatable bonds is 6. The summed E-state index contributed by atoms with van der Waals surface area (Å²) in [6, 6.07) is 16.5. The topological polar surface area (TPSA) is 93.7 Å². The zero-order chi connectivity index (χ0) is 24.9. The van der Waals surface area contributed by atoms with Crippen LogP contribution in [0.3, 0.4) is 0 Å². The summed E-state index contributed by atoms with van der Waals surface area (Å²) in [5, 5.41) is 11.4. The molecule has 3 heterocycles. The third-order valence-corrected chi connectivity index (χ3v) is 8.68. The summed E-state index contributed by atoms with van der Waals surface area (Å²) in [6.45, 7) is 2.51. The van der Waals surface area contributed by atoms with Crippen molar-refractivity contribution in [3.63, 3.8) is 0 Å². The number of hydrogen-bond acceptors (Lipinski definition) is 8. The normalized spacial score (nSPS) is 24.6. The number of ether oxygens (including phenoxy) is 2. The van der Waals surface area contributed by atoms with E-state index < -0.39 is 16.1 Å². The first-order chi connectivity index (χ1) is 17.2.